The Morgan fingerprint density at radius 2 is 2.00 bits per heavy atom. The summed E-state index contributed by atoms with van der Waals surface area (Å²) >= 11 is 0. The highest BCUT2D eigenvalue weighted by atomic mass is 16.5. The van der Waals surface area contributed by atoms with Crippen molar-refractivity contribution < 1.29 is 14.0 Å². The summed E-state index contributed by atoms with van der Waals surface area (Å²) in [7, 11) is 0. The fraction of sp³-hybridized carbons (Fsp3) is 0.500. The molecule has 1 aromatic heterocycles. The molecular weight excluding hydrogens is 268 g/mol. The number of rotatable bonds is 4. The molecule has 0 spiro atoms. The zero-order valence-electron chi connectivity index (χ0n) is 12.6. The highest BCUT2D eigenvalue weighted by molar-refractivity contribution is 5.27. The van der Waals surface area contributed by atoms with Crippen LogP contribution in [0.5, 0.6) is 5.75 Å². The summed E-state index contributed by atoms with van der Waals surface area (Å²) in [6.07, 6.45) is 0.943. The Balaban J connectivity index is 1.76. The number of hydrogen-bond donors (Lipinski definition) is 0. The van der Waals surface area contributed by atoms with Crippen molar-refractivity contribution in [2.45, 2.75) is 38.7 Å². The molecule has 1 fully saturated rings. The molecule has 1 aromatic carbocycles. The van der Waals surface area contributed by atoms with Gasteiger partial charge in [0.25, 0.3) is 5.89 Å². The Morgan fingerprint density at radius 3 is 2.67 bits per heavy atom. The molecule has 0 N–H and O–H groups in total. The smallest absolute Gasteiger partial charge is 0.270 e. The van der Waals surface area contributed by atoms with Gasteiger partial charge in [0.2, 0.25) is 0 Å². The molecule has 1 atom stereocenters. The van der Waals surface area contributed by atoms with E-state index in [2.05, 4.69) is 10.1 Å². The van der Waals surface area contributed by atoms with Crippen LogP contribution in [0, 0.1) is 6.92 Å². The second-order valence-corrected chi connectivity index (χ2v) is 5.94. The summed E-state index contributed by atoms with van der Waals surface area (Å²) in [5, 5.41) is 4.07. The molecule has 0 aliphatic carbocycles. The quantitative estimate of drug-likeness (QED) is 0.864. The van der Waals surface area contributed by atoms with Crippen LogP contribution in [-0.2, 0) is 10.3 Å². The highest BCUT2D eigenvalue weighted by Crippen LogP contribution is 2.29. The predicted octanol–water partition coefficient (Wildman–Crippen LogP) is 3.20. The average Bonchev–Trinajstić information content (AvgIpc) is 3.11. The Hall–Kier alpha value is -1.88. The maximum atomic E-state index is 5.99. The van der Waals surface area contributed by atoms with E-state index in [1.165, 1.54) is 5.56 Å². The van der Waals surface area contributed by atoms with Crippen molar-refractivity contribution in [2.24, 2.45) is 0 Å². The number of hydrogen-bond acceptors (Lipinski definition) is 5. The molecule has 2 heterocycles. The first-order valence-corrected chi connectivity index (χ1v) is 7.22. The van der Waals surface area contributed by atoms with Crippen molar-refractivity contribution in [3.63, 3.8) is 0 Å². The van der Waals surface area contributed by atoms with Crippen LogP contribution in [0.1, 0.15) is 43.5 Å². The third kappa shape index (κ3) is 3.08. The summed E-state index contributed by atoms with van der Waals surface area (Å²) in [5.41, 5.74) is 0.529. The normalized spacial score (nSPS) is 18.9. The first-order valence-electron chi connectivity index (χ1n) is 7.22. The van der Waals surface area contributed by atoms with Crippen molar-refractivity contribution >= 4 is 0 Å². The summed E-state index contributed by atoms with van der Waals surface area (Å²) < 4.78 is 16.7. The molecule has 112 valence electrons. The van der Waals surface area contributed by atoms with Crippen molar-refractivity contribution in [2.75, 3.05) is 13.2 Å². The molecule has 1 aliphatic heterocycles. The lowest BCUT2D eigenvalue weighted by Crippen LogP contribution is -2.25. The average molecular weight is 288 g/mol. The van der Waals surface area contributed by atoms with Crippen molar-refractivity contribution in [3.05, 3.63) is 41.5 Å². The van der Waals surface area contributed by atoms with E-state index in [0.717, 1.165) is 18.8 Å². The zero-order chi connectivity index (χ0) is 14.9. The number of nitrogens with zero attached hydrogens (tertiary/aromatic N) is 2. The van der Waals surface area contributed by atoms with Gasteiger partial charge in [0, 0.05) is 12.5 Å². The SMILES string of the molecule is Cc1ccc(OC(C)(C)c2nc(C3CCOC3)no2)cc1. The van der Waals surface area contributed by atoms with Crippen LogP contribution in [0.15, 0.2) is 28.8 Å². The zero-order valence-corrected chi connectivity index (χ0v) is 12.6. The first-order chi connectivity index (χ1) is 10.0. The second kappa shape index (κ2) is 5.48. The van der Waals surface area contributed by atoms with Crippen LogP contribution >= 0.6 is 0 Å². The molecule has 21 heavy (non-hydrogen) atoms. The van der Waals surface area contributed by atoms with Gasteiger partial charge in [-0.05, 0) is 39.3 Å². The van der Waals surface area contributed by atoms with Crippen LogP contribution in [0.4, 0.5) is 0 Å². The van der Waals surface area contributed by atoms with Gasteiger partial charge < -0.3 is 14.0 Å². The molecule has 5 heteroatoms. The first kappa shape index (κ1) is 14.1. The highest BCUT2D eigenvalue weighted by Gasteiger charge is 2.32. The summed E-state index contributed by atoms with van der Waals surface area (Å²) in [6.45, 7) is 7.32. The van der Waals surface area contributed by atoms with Crippen LogP contribution in [0.25, 0.3) is 0 Å². The topological polar surface area (TPSA) is 57.4 Å². The van der Waals surface area contributed by atoms with Crippen molar-refractivity contribution in [1.82, 2.24) is 10.1 Å². The van der Waals surface area contributed by atoms with Gasteiger partial charge >= 0.3 is 0 Å². The van der Waals surface area contributed by atoms with E-state index in [4.69, 9.17) is 14.0 Å². The van der Waals surface area contributed by atoms with Crippen LogP contribution < -0.4 is 4.74 Å². The Labute approximate surface area is 124 Å². The lowest BCUT2D eigenvalue weighted by molar-refractivity contribution is 0.0692. The molecule has 5 nitrogen and oxygen atoms in total. The molecule has 0 radical (unpaired) electrons. The minimum absolute atomic E-state index is 0.234. The van der Waals surface area contributed by atoms with Gasteiger partial charge in [0.15, 0.2) is 11.4 Å². The fourth-order valence-electron chi connectivity index (χ4n) is 2.33. The maximum absolute atomic E-state index is 5.99. The second-order valence-electron chi connectivity index (χ2n) is 5.94. The number of benzene rings is 1. The lowest BCUT2D eigenvalue weighted by Gasteiger charge is -2.22. The Bertz CT molecular complexity index is 598. The van der Waals surface area contributed by atoms with E-state index in [-0.39, 0.29) is 5.92 Å². The fourth-order valence-corrected chi connectivity index (χ4v) is 2.33. The summed E-state index contributed by atoms with van der Waals surface area (Å²) in [4.78, 5) is 4.49. The maximum Gasteiger partial charge on any atom is 0.270 e. The monoisotopic (exact) mass is 288 g/mol. The number of aryl methyl sites for hydroxylation is 1. The van der Waals surface area contributed by atoms with Gasteiger partial charge in [-0.1, -0.05) is 22.9 Å². The van der Waals surface area contributed by atoms with Gasteiger partial charge in [-0.15, -0.1) is 0 Å². The largest absolute Gasteiger partial charge is 0.478 e. The van der Waals surface area contributed by atoms with Gasteiger partial charge in [-0.3, -0.25) is 0 Å². The van der Waals surface area contributed by atoms with Gasteiger partial charge in [0.05, 0.1) is 6.61 Å². The molecule has 1 unspecified atom stereocenters. The minimum Gasteiger partial charge on any atom is -0.478 e. The molecule has 0 saturated carbocycles. The van der Waals surface area contributed by atoms with Crippen LogP contribution in [0.2, 0.25) is 0 Å². The van der Waals surface area contributed by atoms with Crippen LogP contribution in [-0.4, -0.2) is 23.4 Å². The van der Waals surface area contributed by atoms with Gasteiger partial charge in [-0.25, -0.2) is 0 Å². The molecule has 0 amide bonds. The Kier molecular flexibility index (Phi) is 3.68. The van der Waals surface area contributed by atoms with E-state index in [0.29, 0.717) is 18.3 Å². The van der Waals surface area contributed by atoms with Gasteiger partial charge in [-0.2, -0.15) is 4.98 Å². The van der Waals surface area contributed by atoms with Crippen molar-refractivity contribution in [3.8, 4) is 5.75 Å². The van der Waals surface area contributed by atoms with Gasteiger partial charge in [0.1, 0.15) is 5.75 Å². The number of aromatic nitrogens is 2. The molecule has 1 saturated heterocycles. The standard InChI is InChI=1S/C16H20N2O3/c1-11-4-6-13(7-5-11)20-16(2,3)15-17-14(18-21-15)12-8-9-19-10-12/h4-7,12H,8-10H2,1-3H3. The summed E-state index contributed by atoms with van der Waals surface area (Å²) in [6, 6.07) is 7.92. The molecule has 0 bridgehead atoms. The third-order valence-electron chi connectivity index (χ3n) is 3.65. The van der Waals surface area contributed by atoms with E-state index < -0.39 is 5.60 Å². The van der Waals surface area contributed by atoms with E-state index >= 15 is 0 Å². The van der Waals surface area contributed by atoms with E-state index in [9.17, 15) is 0 Å². The summed E-state index contributed by atoms with van der Waals surface area (Å²) in [5.74, 6) is 2.22. The molecule has 3 rings (SSSR count). The molecule has 1 aliphatic rings. The van der Waals surface area contributed by atoms with E-state index in [1.54, 1.807) is 0 Å². The van der Waals surface area contributed by atoms with Crippen LogP contribution in [0.3, 0.4) is 0 Å². The number of ether oxygens (including phenoxy) is 2. The molecular formula is C16H20N2O3. The third-order valence-corrected chi connectivity index (χ3v) is 3.65. The van der Waals surface area contributed by atoms with E-state index in [1.807, 2.05) is 45.0 Å². The molecule has 2 aromatic rings. The predicted molar refractivity (Wildman–Crippen MR) is 77.3 cm³/mol. The minimum atomic E-state index is -0.667. The lowest BCUT2D eigenvalue weighted by atomic mass is 10.1. The van der Waals surface area contributed by atoms with Crippen molar-refractivity contribution in [1.29, 1.82) is 0 Å². The Morgan fingerprint density at radius 1 is 1.24 bits per heavy atom.